The standard InChI is InChI=1S/C26H27F2NO3/c1-13(2)24-22(23-17(25(31)32)12-26(23)7-4-8-26)21-19(10-15(27)11-20(21)30)29(24)16-5-6-18(28)14(3)9-16/h5-6,9-11,13,17,23,30H,4,7-8,12H2,1-3H3,(H,31,32). The van der Waals surface area contributed by atoms with E-state index in [9.17, 15) is 23.8 Å². The molecule has 0 radical (unpaired) electrons. The number of rotatable bonds is 4. The van der Waals surface area contributed by atoms with Crippen molar-refractivity contribution in [3.05, 3.63) is 58.8 Å². The van der Waals surface area contributed by atoms with Gasteiger partial charge in [-0.15, -0.1) is 0 Å². The number of carboxylic acids is 1. The summed E-state index contributed by atoms with van der Waals surface area (Å²) in [5.74, 6) is -2.72. The number of benzene rings is 2. The van der Waals surface area contributed by atoms with Gasteiger partial charge in [0.1, 0.15) is 17.4 Å². The molecule has 2 aliphatic rings. The van der Waals surface area contributed by atoms with E-state index in [-0.39, 0.29) is 28.8 Å². The summed E-state index contributed by atoms with van der Waals surface area (Å²) in [6.07, 6.45) is 3.62. The summed E-state index contributed by atoms with van der Waals surface area (Å²) in [6.45, 7) is 5.70. The Labute approximate surface area is 185 Å². The molecule has 2 atom stereocenters. The lowest BCUT2D eigenvalue weighted by atomic mass is 9.43. The number of nitrogens with zero attached hydrogens (tertiary/aromatic N) is 1. The van der Waals surface area contributed by atoms with E-state index in [1.54, 1.807) is 19.1 Å². The number of halogens is 2. The second-order valence-corrected chi connectivity index (χ2v) is 9.88. The number of aromatic hydroxyl groups is 1. The number of aryl methyl sites for hydroxylation is 1. The summed E-state index contributed by atoms with van der Waals surface area (Å²) in [6, 6.07) is 7.22. The molecule has 2 fully saturated rings. The first kappa shape index (κ1) is 21.0. The predicted octanol–water partition coefficient (Wildman–Crippen LogP) is 6.40. The summed E-state index contributed by atoms with van der Waals surface area (Å²) in [5.41, 5.74) is 3.21. The van der Waals surface area contributed by atoms with E-state index in [0.29, 0.717) is 28.6 Å². The zero-order chi connectivity index (χ0) is 22.9. The number of phenolic OH excluding ortho intramolecular Hbond substituents is 1. The molecule has 5 rings (SSSR count). The van der Waals surface area contributed by atoms with E-state index in [0.717, 1.165) is 36.6 Å². The fraction of sp³-hybridized carbons (Fsp3) is 0.423. The van der Waals surface area contributed by atoms with Crippen LogP contribution in [0.25, 0.3) is 16.6 Å². The van der Waals surface area contributed by atoms with E-state index >= 15 is 0 Å². The summed E-state index contributed by atoms with van der Waals surface area (Å²) in [5, 5.41) is 21.4. The van der Waals surface area contributed by atoms with E-state index in [4.69, 9.17) is 0 Å². The molecule has 0 amide bonds. The van der Waals surface area contributed by atoms with Crippen LogP contribution in [0.1, 0.15) is 68.2 Å². The average molecular weight is 440 g/mol. The molecule has 6 heteroatoms. The van der Waals surface area contributed by atoms with Crippen LogP contribution in [0.5, 0.6) is 5.75 Å². The summed E-state index contributed by atoms with van der Waals surface area (Å²) >= 11 is 0. The number of aliphatic carboxylic acids is 1. The van der Waals surface area contributed by atoms with Gasteiger partial charge < -0.3 is 14.8 Å². The van der Waals surface area contributed by atoms with Gasteiger partial charge in [-0.3, -0.25) is 4.79 Å². The fourth-order valence-electron chi connectivity index (χ4n) is 6.17. The maximum atomic E-state index is 14.5. The second-order valence-electron chi connectivity index (χ2n) is 9.88. The van der Waals surface area contributed by atoms with Gasteiger partial charge in [-0.05, 0) is 72.9 Å². The smallest absolute Gasteiger partial charge is 0.307 e. The van der Waals surface area contributed by atoms with Gasteiger partial charge in [0.25, 0.3) is 0 Å². The number of carboxylic acid groups (broad SMARTS) is 1. The Morgan fingerprint density at radius 3 is 2.47 bits per heavy atom. The molecular formula is C26H27F2NO3. The molecule has 2 N–H and O–H groups in total. The Kier molecular flexibility index (Phi) is 4.63. The molecule has 0 aliphatic heterocycles. The van der Waals surface area contributed by atoms with Crippen LogP contribution in [0.15, 0.2) is 30.3 Å². The quantitative estimate of drug-likeness (QED) is 0.494. The number of hydrogen-bond acceptors (Lipinski definition) is 2. The van der Waals surface area contributed by atoms with Gasteiger partial charge in [-0.25, -0.2) is 8.78 Å². The Balaban J connectivity index is 1.88. The maximum Gasteiger partial charge on any atom is 0.307 e. The lowest BCUT2D eigenvalue weighted by molar-refractivity contribution is -0.159. The topological polar surface area (TPSA) is 62.5 Å². The van der Waals surface area contributed by atoms with E-state index in [2.05, 4.69) is 0 Å². The molecule has 32 heavy (non-hydrogen) atoms. The van der Waals surface area contributed by atoms with Crippen molar-refractivity contribution in [2.45, 2.75) is 58.3 Å². The minimum absolute atomic E-state index is 0.0302. The lowest BCUT2D eigenvalue weighted by Crippen LogP contribution is -2.53. The molecule has 2 aromatic carbocycles. The fourth-order valence-corrected chi connectivity index (χ4v) is 6.17. The highest BCUT2D eigenvalue weighted by Gasteiger charge is 2.61. The van der Waals surface area contributed by atoms with Gasteiger partial charge in [-0.1, -0.05) is 20.3 Å². The van der Waals surface area contributed by atoms with Gasteiger partial charge in [0.2, 0.25) is 0 Å². The molecule has 2 saturated carbocycles. The highest BCUT2D eigenvalue weighted by molar-refractivity contribution is 5.94. The van der Waals surface area contributed by atoms with Crippen molar-refractivity contribution in [2.24, 2.45) is 11.3 Å². The number of phenols is 1. The Morgan fingerprint density at radius 2 is 1.91 bits per heavy atom. The van der Waals surface area contributed by atoms with E-state index < -0.39 is 17.7 Å². The van der Waals surface area contributed by atoms with Crippen LogP contribution in [0.2, 0.25) is 0 Å². The zero-order valence-electron chi connectivity index (χ0n) is 18.5. The minimum atomic E-state index is -0.831. The van der Waals surface area contributed by atoms with E-state index in [1.165, 1.54) is 12.1 Å². The van der Waals surface area contributed by atoms with Gasteiger partial charge >= 0.3 is 5.97 Å². The first-order chi connectivity index (χ1) is 15.1. The Morgan fingerprint density at radius 1 is 1.19 bits per heavy atom. The van der Waals surface area contributed by atoms with Crippen LogP contribution >= 0.6 is 0 Å². The Bertz CT molecular complexity index is 1260. The monoisotopic (exact) mass is 439 g/mol. The molecule has 168 valence electrons. The van der Waals surface area contributed by atoms with Crippen molar-refractivity contribution in [1.29, 1.82) is 0 Å². The number of carbonyl (C=O) groups is 1. The SMILES string of the molecule is Cc1cc(-n2c(C(C)C)c(C3C(C(=O)O)CC34CCC4)c3c(O)cc(F)cc32)ccc1F. The number of hydrogen-bond donors (Lipinski definition) is 2. The second kappa shape index (κ2) is 7.06. The normalized spacial score (nSPS) is 21.7. The van der Waals surface area contributed by atoms with Crippen LogP contribution in [0.3, 0.4) is 0 Å². The highest BCUT2D eigenvalue weighted by Crippen LogP contribution is 2.68. The number of aromatic nitrogens is 1. The third kappa shape index (κ3) is 2.81. The molecule has 2 unspecified atom stereocenters. The predicted molar refractivity (Wildman–Crippen MR) is 118 cm³/mol. The minimum Gasteiger partial charge on any atom is -0.507 e. The highest BCUT2D eigenvalue weighted by atomic mass is 19.1. The summed E-state index contributed by atoms with van der Waals surface area (Å²) in [4.78, 5) is 12.1. The van der Waals surface area contributed by atoms with Crippen LogP contribution < -0.4 is 0 Å². The molecule has 4 nitrogen and oxygen atoms in total. The van der Waals surface area contributed by atoms with Gasteiger partial charge in [-0.2, -0.15) is 0 Å². The number of fused-ring (bicyclic) bond motifs is 1. The van der Waals surface area contributed by atoms with E-state index in [1.807, 2.05) is 18.4 Å². The molecule has 1 aromatic heterocycles. The lowest BCUT2D eigenvalue weighted by Gasteiger charge is -2.59. The molecule has 2 aliphatic carbocycles. The molecule has 0 bridgehead atoms. The van der Waals surface area contributed by atoms with Crippen molar-refractivity contribution in [3.8, 4) is 11.4 Å². The Hall–Kier alpha value is -2.89. The summed E-state index contributed by atoms with van der Waals surface area (Å²) < 4.78 is 30.4. The molecule has 1 heterocycles. The zero-order valence-corrected chi connectivity index (χ0v) is 18.5. The van der Waals surface area contributed by atoms with Crippen LogP contribution in [0, 0.1) is 29.9 Å². The molecular weight excluding hydrogens is 412 g/mol. The summed E-state index contributed by atoms with van der Waals surface area (Å²) in [7, 11) is 0. The maximum absolute atomic E-state index is 14.5. The van der Waals surface area contributed by atoms with Crippen molar-refractivity contribution < 1.29 is 23.8 Å². The van der Waals surface area contributed by atoms with Gasteiger partial charge in [0, 0.05) is 28.8 Å². The van der Waals surface area contributed by atoms with Crippen molar-refractivity contribution in [2.75, 3.05) is 0 Å². The van der Waals surface area contributed by atoms with Crippen LogP contribution in [-0.4, -0.2) is 20.7 Å². The van der Waals surface area contributed by atoms with Crippen molar-refractivity contribution >= 4 is 16.9 Å². The van der Waals surface area contributed by atoms with Gasteiger partial charge in [0.05, 0.1) is 11.4 Å². The van der Waals surface area contributed by atoms with Crippen molar-refractivity contribution in [3.63, 3.8) is 0 Å². The first-order valence-corrected chi connectivity index (χ1v) is 11.2. The van der Waals surface area contributed by atoms with Gasteiger partial charge in [0.15, 0.2) is 0 Å². The molecule has 3 aromatic rings. The molecule has 1 spiro atoms. The molecule has 0 saturated heterocycles. The van der Waals surface area contributed by atoms with Crippen LogP contribution in [0.4, 0.5) is 8.78 Å². The van der Waals surface area contributed by atoms with Crippen LogP contribution in [-0.2, 0) is 4.79 Å². The average Bonchev–Trinajstić information content (AvgIpc) is 2.96. The first-order valence-electron chi connectivity index (χ1n) is 11.2. The third-order valence-corrected chi connectivity index (χ3v) is 7.70. The third-order valence-electron chi connectivity index (χ3n) is 7.70. The van der Waals surface area contributed by atoms with Crippen molar-refractivity contribution in [1.82, 2.24) is 4.57 Å². The largest absolute Gasteiger partial charge is 0.507 e.